The number of alkyl halides is 1. The van der Waals surface area contributed by atoms with Gasteiger partial charge in [-0.25, -0.2) is 4.98 Å². The molecule has 68 valence electrons. The Morgan fingerprint density at radius 3 is 2.67 bits per heavy atom. The average molecular weight is 204 g/mol. The third kappa shape index (κ3) is 2.76. The lowest BCUT2D eigenvalue weighted by Gasteiger charge is -2.11. The Kier molecular flexibility index (Phi) is 3.53. The normalized spacial score (nSPS) is 16.0. The van der Waals surface area contributed by atoms with Crippen LogP contribution >= 0.6 is 22.9 Å². The summed E-state index contributed by atoms with van der Waals surface area (Å²) in [5.74, 6) is 0.508. The third-order valence-electron chi connectivity index (χ3n) is 1.98. The van der Waals surface area contributed by atoms with E-state index in [0.29, 0.717) is 5.92 Å². The highest BCUT2D eigenvalue weighted by molar-refractivity contribution is 7.09. The van der Waals surface area contributed by atoms with Crippen molar-refractivity contribution in [3.63, 3.8) is 0 Å². The molecule has 0 saturated carbocycles. The summed E-state index contributed by atoms with van der Waals surface area (Å²) in [6.45, 7) is 6.22. The molecule has 1 nitrogen and oxygen atoms in total. The minimum Gasteiger partial charge on any atom is -0.247 e. The van der Waals surface area contributed by atoms with Gasteiger partial charge in [-0.05, 0) is 26.2 Å². The van der Waals surface area contributed by atoms with Crippen molar-refractivity contribution in [1.29, 1.82) is 0 Å². The number of aromatic nitrogens is 1. The Labute approximate surface area is 82.8 Å². The summed E-state index contributed by atoms with van der Waals surface area (Å²) in [5.41, 5.74) is 1.18. The Bertz CT molecular complexity index is 244. The number of hydrogen-bond acceptors (Lipinski definition) is 2. The molecule has 1 heterocycles. The van der Waals surface area contributed by atoms with Gasteiger partial charge in [-0.1, -0.05) is 6.92 Å². The first-order valence-corrected chi connectivity index (χ1v) is 5.46. The van der Waals surface area contributed by atoms with Crippen LogP contribution in [0.15, 0.2) is 5.38 Å². The number of aryl methyl sites for hydroxylation is 1. The first kappa shape index (κ1) is 10.0. The van der Waals surface area contributed by atoms with E-state index in [2.05, 4.69) is 17.3 Å². The molecule has 0 aliphatic heterocycles. The Hall–Kier alpha value is -0.0800. The molecule has 2 unspecified atom stereocenters. The van der Waals surface area contributed by atoms with Gasteiger partial charge < -0.3 is 0 Å². The van der Waals surface area contributed by atoms with Crippen LogP contribution in [0.4, 0.5) is 0 Å². The van der Waals surface area contributed by atoms with E-state index in [9.17, 15) is 0 Å². The van der Waals surface area contributed by atoms with E-state index >= 15 is 0 Å². The van der Waals surface area contributed by atoms with E-state index in [4.69, 9.17) is 11.6 Å². The quantitative estimate of drug-likeness (QED) is 0.688. The van der Waals surface area contributed by atoms with Crippen molar-refractivity contribution in [2.75, 3.05) is 0 Å². The SMILES string of the molecule is Cc1nc(CC(C)C(C)Cl)cs1. The molecule has 0 aliphatic rings. The van der Waals surface area contributed by atoms with Crippen molar-refractivity contribution in [3.8, 4) is 0 Å². The Morgan fingerprint density at radius 2 is 2.25 bits per heavy atom. The van der Waals surface area contributed by atoms with Gasteiger partial charge in [0.1, 0.15) is 0 Å². The summed E-state index contributed by atoms with van der Waals surface area (Å²) < 4.78 is 0. The molecule has 0 aliphatic carbocycles. The van der Waals surface area contributed by atoms with Crippen LogP contribution in [-0.2, 0) is 6.42 Å². The van der Waals surface area contributed by atoms with Crippen molar-refractivity contribution in [2.45, 2.75) is 32.6 Å². The zero-order chi connectivity index (χ0) is 9.14. The minimum absolute atomic E-state index is 0.229. The Balaban J connectivity index is 2.52. The summed E-state index contributed by atoms with van der Waals surface area (Å²) >= 11 is 7.66. The zero-order valence-corrected chi connectivity index (χ0v) is 9.25. The lowest BCUT2D eigenvalue weighted by Crippen LogP contribution is -2.10. The molecule has 0 saturated heterocycles. The van der Waals surface area contributed by atoms with Crippen molar-refractivity contribution in [3.05, 3.63) is 16.1 Å². The number of rotatable bonds is 3. The summed E-state index contributed by atoms with van der Waals surface area (Å²) in [5, 5.41) is 3.48. The second-order valence-corrected chi connectivity index (χ2v) is 4.97. The molecule has 0 aromatic carbocycles. The maximum absolute atomic E-state index is 5.96. The standard InChI is InChI=1S/C9H14ClNS/c1-6(7(2)10)4-9-5-12-8(3)11-9/h5-7H,4H2,1-3H3. The fourth-order valence-corrected chi connectivity index (χ4v) is 1.71. The molecule has 2 atom stereocenters. The average Bonchev–Trinajstić information content (AvgIpc) is 2.35. The van der Waals surface area contributed by atoms with Gasteiger partial charge in [0.15, 0.2) is 0 Å². The van der Waals surface area contributed by atoms with Gasteiger partial charge in [0.25, 0.3) is 0 Å². The Morgan fingerprint density at radius 1 is 1.58 bits per heavy atom. The van der Waals surface area contributed by atoms with E-state index in [-0.39, 0.29) is 5.38 Å². The summed E-state index contributed by atoms with van der Waals surface area (Å²) in [6.07, 6.45) is 0.995. The van der Waals surface area contributed by atoms with Crippen LogP contribution in [0.5, 0.6) is 0 Å². The summed E-state index contributed by atoms with van der Waals surface area (Å²) in [7, 11) is 0. The van der Waals surface area contributed by atoms with Gasteiger partial charge in [-0.3, -0.25) is 0 Å². The van der Waals surface area contributed by atoms with E-state index in [0.717, 1.165) is 11.4 Å². The van der Waals surface area contributed by atoms with E-state index in [1.807, 2.05) is 13.8 Å². The topological polar surface area (TPSA) is 12.9 Å². The smallest absolute Gasteiger partial charge is 0.0897 e. The second-order valence-electron chi connectivity index (χ2n) is 3.22. The van der Waals surface area contributed by atoms with E-state index < -0.39 is 0 Å². The van der Waals surface area contributed by atoms with Gasteiger partial charge >= 0.3 is 0 Å². The van der Waals surface area contributed by atoms with Gasteiger partial charge in [0.2, 0.25) is 0 Å². The van der Waals surface area contributed by atoms with Gasteiger partial charge in [0.05, 0.1) is 10.7 Å². The van der Waals surface area contributed by atoms with E-state index in [1.54, 1.807) is 11.3 Å². The van der Waals surface area contributed by atoms with Crippen molar-refractivity contribution in [1.82, 2.24) is 4.98 Å². The van der Waals surface area contributed by atoms with Crippen LogP contribution in [0.2, 0.25) is 0 Å². The van der Waals surface area contributed by atoms with Crippen LogP contribution in [0, 0.1) is 12.8 Å². The largest absolute Gasteiger partial charge is 0.247 e. The zero-order valence-electron chi connectivity index (χ0n) is 7.67. The van der Waals surface area contributed by atoms with Gasteiger partial charge in [-0.2, -0.15) is 0 Å². The molecule has 0 N–H and O–H groups in total. The predicted octanol–water partition coefficient (Wildman–Crippen LogP) is 3.26. The summed E-state index contributed by atoms with van der Waals surface area (Å²) in [6, 6.07) is 0. The lowest BCUT2D eigenvalue weighted by molar-refractivity contribution is 0.561. The monoisotopic (exact) mass is 203 g/mol. The number of nitrogens with zero attached hydrogens (tertiary/aromatic N) is 1. The molecule has 0 radical (unpaired) electrons. The second kappa shape index (κ2) is 4.24. The van der Waals surface area contributed by atoms with Crippen LogP contribution in [0.25, 0.3) is 0 Å². The fourth-order valence-electron chi connectivity index (χ4n) is 0.994. The highest BCUT2D eigenvalue weighted by Crippen LogP contribution is 2.17. The first-order chi connectivity index (χ1) is 5.59. The van der Waals surface area contributed by atoms with Crippen LogP contribution < -0.4 is 0 Å². The van der Waals surface area contributed by atoms with Gasteiger partial charge in [0, 0.05) is 10.8 Å². The first-order valence-electron chi connectivity index (χ1n) is 4.14. The molecular weight excluding hydrogens is 190 g/mol. The molecule has 1 aromatic rings. The highest BCUT2D eigenvalue weighted by Gasteiger charge is 2.11. The number of hydrogen-bond donors (Lipinski definition) is 0. The van der Waals surface area contributed by atoms with Crippen molar-refractivity contribution < 1.29 is 0 Å². The van der Waals surface area contributed by atoms with E-state index in [1.165, 1.54) is 5.69 Å². The number of thiazole rings is 1. The highest BCUT2D eigenvalue weighted by atomic mass is 35.5. The molecule has 0 spiro atoms. The van der Waals surface area contributed by atoms with Crippen LogP contribution in [0.3, 0.4) is 0 Å². The molecule has 0 bridgehead atoms. The van der Waals surface area contributed by atoms with Crippen molar-refractivity contribution in [2.24, 2.45) is 5.92 Å². The predicted molar refractivity (Wildman–Crippen MR) is 55.0 cm³/mol. The molecule has 1 rings (SSSR count). The molecule has 0 amide bonds. The van der Waals surface area contributed by atoms with Crippen molar-refractivity contribution >= 4 is 22.9 Å². The molecule has 12 heavy (non-hydrogen) atoms. The third-order valence-corrected chi connectivity index (χ3v) is 3.23. The molecular formula is C9H14ClNS. The molecule has 1 aromatic heterocycles. The molecule has 0 fully saturated rings. The minimum atomic E-state index is 0.229. The lowest BCUT2D eigenvalue weighted by atomic mass is 10.0. The molecule has 3 heteroatoms. The maximum Gasteiger partial charge on any atom is 0.0897 e. The van der Waals surface area contributed by atoms with Gasteiger partial charge in [-0.15, -0.1) is 22.9 Å². The van der Waals surface area contributed by atoms with Crippen LogP contribution in [-0.4, -0.2) is 10.4 Å². The summed E-state index contributed by atoms with van der Waals surface area (Å²) in [4.78, 5) is 4.39. The fraction of sp³-hybridized carbons (Fsp3) is 0.667. The maximum atomic E-state index is 5.96. The number of halogens is 1. The van der Waals surface area contributed by atoms with Crippen LogP contribution in [0.1, 0.15) is 24.5 Å².